The number of nitrogens with zero attached hydrogens (tertiary/aromatic N) is 3. The summed E-state index contributed by atoms with van der Waals surface area (Å²) in [4.78, 5) is 22.3. The fourth-order valence-corrected chi connectivity index (χ4v) is 1.80. The molecule has 116 valence electrons. The molecule has 22 heavy (non-hydrogen) atoms. The Kier molecular flexibility index (Phi) is 4.40. The number of carbonyl (C=O) groups excluding carboxylic acids is 1. The number of nitro benzene ring substituents is 1. The zero-order valence-corrected chi connectivity index (χ0v) is 12.4. The van der Waals surface area contributed by atoms with Gasteiger partial charge in [0, 0.05) is 25.2 Å². The highest BCUT2D eigenvalue weighted by molar-refractivity contribution is 5.92. The fourth-order valence-electron chi connectivity index (χ4n) is 1.80. The van der Waals surface area contributed by atoms with Crippen molar-refractivity contribution < 1.29 is 14.5 Å². The molecular formula is C14H16N4O4. The Balaban J connectivity index is 2.26. The van der Waals surface area contributed by atoms with E-state index in [1.165, 1.54) is 22.9 Å². The summed E-state index contributed by atoms with van der Waals surface area (Å²) in [5, 5.41) is 17.7. The van der Waals surface area contributed by atoms with Crippen LogP contribution < -0.4 is 10.1 Å². The van der Waals surface area contributed by atoms with E-state index >= 15 is 0 Å². The number of rotatable bonds is 5. The third-order valence-corrected chi connectivity index (χ3v) is 2.77. The second-order valence-corrected chi connectivity index (χ2v) is 4.95. The first-order chi connectivity index (χ1) is 10.4. The smallest absolute Gasteiger partial charge is 0.311 e. The van der Waals surface area contributed by atoms with Crippen molar-refractivity contribution in [3.8, 4) is 11.6 Å². The van der Waals surface area contributed by atoms with Gasteiger partial charge in [0.2, 0.25) is 11.6 Å². The highest BCUT2D eigenvalue weighted by atomic mass is 16.6. The third kappa shape index (κ3) is 3.40. The summed E-state index contributed by atoms with van der Waals surface area (Å²) in [5.74, 6) is -0.00228. The van der Waals surface area contributed by atoms with Gasteiger partial charge in [-0.2, -0.15) is 5.10 Å². The van der Waals surface area contributed by atoms with Gasteiger partial charge in [0.25, 0.3) is 5.91 Å². The van der Waals surface area contributed by atoms with Crippen LogP contribution in [0.5, 0.6) is 11.6 Å². The fraction of sp³-hybridized carbons (Fsp3) is 0.286. The maximum Gasteiger partial charge on any atom is 0.311 e. The summed E-state index contributed by atoms with van der Waals surface area (Å²) in [6.07, 6.45) is 0. The number of aromatic nitrogens is 2. The van der Waals surface area contributed by atoms with Gasteiger partial charge < -0.3 is 10.1 Å². The maximum atomic E-state index is 11.9. The Hall–Kier alpha value is -2.90. The Bertz CT molecular complexity index is 709. The normalized spacial score (nSPS) is 10.5. The van der Waals surface area contributed by atoms with E-state index in [0.29, 0.717) is 0 Å². The molecule has 0 aliphatic heterocycles. The standard InChI is InChI=1S/C14H16N4O4/c1-9(2)15-14(19)10-8-13(17(3)16-10)22-12-7-5-4-6-11(12)18(20)21/h4-9H,1-3H3,(H,15,19). The molecule has 1 N–H and O–H groups in total. The molecule has 1 amide bonds. The summed E-state index contributed by atoms with van der Waals surface area (Å²) in [5.41, 5.74) is 0.0293. The van der Waals surface area contributed by atoms with E-state index in [-0.39, 0.29) is 35.0 Å². The van der Waals surface area contributed by atoms with Crippen molar-refractivity contribution in [1.29, 1.82) is 0 Å². The van der Waals surface area contributed by atoms with Crippen LogP contribution in [0.4, 0.5) is 5.69 Å². The van der Waals surface area contributed by atoms with E-state index in [1.54, 1.807) is 19.2 Å². The zero-order valence-electron chi connectivity index (χ0n) is 12.4. The molecule has 0 aliphatic rings. The van der Waals surface area contributed by atoms with Gasteiger partial charge >= 0.3 is 5.69 Å². The molecule has 0 unspecified atom stereocenters. The summed E-state index contributed by atoms with van der Waals surface area (Å²) >= 11 is 0. The lowest BCUT2D eigenvalue weighted by molar-refractivity contribution is -0.385. The lowest BCUT2D eigenvalue weighted by Gasteiger charge is -2.05. The largest absolute Gasteiger partial charge is 0.432 e. The van der Waals surface area contributed by atoms with Crippen LogP contribution in [-0.2, 0) is 7.05 Å². The van der Waals surface area contributed by atoms with E-state index in [4.69, 9.17) is 4.74 Å². The molecule has 0 radical (unpaired) electrons. The van der Waals surface area contributed by atoms with E-state index in [0.717, 1.165) is 0 Å². The quantitative estimate of drug-likeness (QED) is 0.674. The number of nitro groups is 1. The number of amides is 1. The number of para-hydroxylation sites is 2. The van der Waals surface area contributed by atoms with Gasteiger partial charge in [-0.25, -0.2) is 4.68 Å². The minimum absolute atomic E-state index is 0.0194. The second-order valence-electron chi connectivity index (χ2n) is 4.95. The van der Waals surface area contributed by atoms with Crippen LogP contribution in [0.25, 0.3) is 0 Å². The predicted octanol–water partition coefficient (Wildman–Crippen LogP) is 2.26. The van der Waals surface area contributed by atoms with Gasteiger partial charge in [-0.3, -0.25) is 14.9 Å². The molecule has 2 aromatic rings. The molecule has 0 saturated heterocycles. The van der Waals surface area contributed by atoms with Gasteiger partial charge in [-0.05, 0) is 19.9 Å². The van der Waals surface area contributed by atoms with Crippen LogP contribution in [0.15, 0.2) is 30.3 Å². The Morgan fingerprint density at radius 2 is 2.09 bits per heavy atom. The minimum Gasteiger partial charge on any atom is -0.432 e. The molecule has 0 bridgehead atoms. The molecule has 1 aromatic heterocycles. The first kappa shape index (κ1) is 15.5. The lowest BCUT2D eigenvalue weighted by Crippen LogP contribution is -2.30. The highest BCUT2D eigenvalue weighted by Gasteiger charge is 2.19. The molecule has 1 aromatic carbocycles. The van der Waals surface area contributed by atoms with Gasteiger partial charge in [-0.15, -0.1) is 0 Å². The molecule has 8 heteroatoms. The van der Waals surface area contributed by atoms with Gasteiger partial charge in [0.05, 0.1) is 4.92 Å². The number of ether oxygens (including phenoxy) is 1. The number of hydrogen-bond donors (Lipinski definition) is 1. The zero-order chi connectivity index (χ0) is 16.3. The number of nitrogens with one attached hydrogen (secondary N) is 1. The van der Waals surface area contributed by atoms with Crippen LogP contribution in [-0.4, -0.2) is 26.7 Å². The van der Waals surface area contributed by atoms with Crippen molar-refractivity contribution in [3.05, 3.63) is 46.1 Å². The van der Waals surface area contributed by atoms with E-state index in [2.05, 4.69) is 10.4 Å². The van der Waals surface area contributed by atoms with Gasteiger partial charge in [-0.1, -0.05) is 12.1 Å². The topological polar surface area (TPSA) is 99.3 Å². The first-order valence-electron chi connectivity index (χ1n) is 6.64. The summed E-state index contributed by atoms with van der Waals surface area (Å²) < 4.78 is 6.87. The SMILES string of the molecule is CC(C)NC(=O)c1cc(Oc2ccccc2[N+](=O)[O-])n(C)n1. The lowest BCUT2D eigenvalue weighted by atomic mass is 10.3. The second kappa shape index (κ2) is 6.25. The van der Waals surface area contributed by atoms with Crippen LogP contribution in [0.3, 0.4) is 0 Å². The molecule has 0 spiro atoms. The highest BCUT2D eigenvalue weighted by Crippen LogP contribution is 2.30. The van der Waals surface area contributed by atoms with E-state index in [9.17, 15) is 14.9 Å². The molecule has 0 aliphatic carbocycles. The van der Waals surface area contributed by atoms with Crippen molar-refractivity contribution in [2.75, 3.05) is 0 Å². The molecule has 2 rings (SSSR count). The van der Waals surface area contributed by atoms with Crippen LogP contribution in [0, 0.1) is 10.1 Å². The first-order valence-corrected chi connectivity index (χ1v) is 6.64. The summed E-state index contributed by atoms with van der Waals surface area (Å²) in [6.45, 7) is 3.68. The Labute approximate surface area is 126 Å². The van der Waals surface area contributed by atoms with E-state index in [1.807, 2.05) is 13.8 Å². The molecule has 0 fully saturated rings. The number of aryl methyl sites for hydroxylation is 1. The maximum absolute atomic E-state index is 11.9. The van der Waals surface area contributed by atoms with Crippen molar-refractivity contribution in [3.63, 3.8) is 0 Å². The summed E-state index contributed by atoms with van der Waals surface area (Å²) in [6, 6.07) is 7.43. The average Bonchev–Trinajstić information content (AvgIpc) is 2.80. The molecule has 0 saturated carbocycles. The van der Waals surface area contributed by atoms with Gasteiger partial charge in [0.1, 0.15) is 0 Å². The van der Waals surface area contributed by atoms with Crippen LogP contribution >= 0.6 is 0 Å². The third-order valence-electron chi connectivity index (χ3n) is 2.77. The van der Waals surface area contributed by atoms with Crippen molar-refractivity contribution >= 4 is 11.6 Å². The predicted molar refractivity (Wildman–Crippen MR) is 79.0 cm³/mol. The van der Waals surface area contributed by atoms with E-state index < -0.39 is 4.92 Å². The monoisotopic (exact) mass is 304 g/mol. The van der Waals surface area contributed by atoms with Crippen LogP contribution in [0.2, 0.25) is 0 Å². The summed E-state index contributed by atoms with van der Waals surface area (Å²) in [7, 11) is 1.59. The molecule has 0 atom stereocenters. The van der Waals surface area contributed by atoms with Crippen molar-refractivity contribution in [2.24, 2.45) is 7.05 Å². The van der Waals surface area contributed by atoms with Gasteiger partial charge in [0.15, 0.2) is 5.69 Å². The van der Waals surface area contributed by atoms with Crippen molar-refractivity contribution in [2.45, 2.75) is 19.9 Å². The number of benzene rings is 1. The molecular weight excluding hydrogens is 288 g/mol. The minimum atomic E-state index is -0.530. The Morgan fingerprint density at radius 3 is 2.73 bits per heavy atom. The average molecular weight is 304 g/mol. The van der Waals surface area contributed by atoms with Crippen LogP contribution in [0.1, 0.15) is 24.3 Å². The molecule has 1 heterocycles. The Morgan fingerprint density at radius 1 is 1.41 bits per heavy atom. The number of hydrogen-bond acceptors (Lipinski definition) is 5. The molecule has 8 nitrogen and oxygen atoms in total. The number of carbonyl (C=O) groups is 1. The van der Waals surface area contributed by atoms with Crippen molar-refractivity contribution in [1.82, 2.24) is 15.1 Å².